The van der Waals surface area contributed by atoms with Crippen LogP contribution in [0.15, 0.2) is 18.5 Å². The molecule has 0 spiro atoms. The van der Waals surface area contributed by atoms with Crippen molar-refractivity contribution in [1.82, 2.24) is 19.7 Å². The Morgan fingerprint density at radius 1 is 1.24 bits per heavy atom. The van der Waals surface area contributed by atoms with E-state index in [2.05, 4.69) is 29.0 Å². The molecule has 3 N–H and O–H groups in total. The lowest BCUT2D eigenvalue weighted by Gasteiger charge is -2.31. The molecule has 0 radical (unpaired) electrons. The average molecular weight is 539 g/mol. The van der Waals surface area contributed by atoms with Gasteiger partial charge in [0.05, 0.1) is 12.3 Å². The summed E-state index contributed by atoms with van der Waals surface area (Å²) in [6.45, 7) is 11.5. The average Bonchev–Trinajstić information content (AvgIpc) is 3.50. The van der Waals surface area contributed by atoms with E-state index in [0.29, 0.717) is 29.6 Å². The maximum absolute atomic E-state index is 12.6. The Labute approximate surface area is 217 Å². The lowest BCUT2D eigenvalue weighted by atomic mass is 9.93. The first-order valence-corrected chi connectivity index (χ1v) is 13.8. The van der Waals surface area contributed by atoms with Crippen LogP contribution in [0.5, 0.6) is 0 Å². The van der Waals surface area contributed by atoms with E-state index in [0.717, 1.165) is 12.8 Å². The van der Waals surface area contributed by atoms with Crippen molar-refractivity contribution in [3.63, 3.8) is 0 Å². The number of nitrogen functional groups attached to an aromatic ring is 1. The van der Waals surface area contributed by atoms with Crippen molar-refractivity contribution in [2.45, 2.75) is 90.1 Å². The first-order chi connectivity index (χ1) is 17.5. The monoisotopic (exact) mass is 538 g/mol. The van der Waals surface area contributed by atoms with Gasteiger partial charge < -0.3 is 24.7 Å². The SMILES string of the molecule is CCC(CC)COC(=O)[C@H](C)N[P+](=O)OC[C@H]1O[C@@](C)(c2ccc3c(N)ncnn23)[C@@H]2OC(C)(C)O[C@@H]21. The van der Waals surface area contributed by atoms with Gasteiger partial charge in [0.1, 0.15) is 48.4 Å². The minimum Gasteiger partial charge on any atom is -0.464 e. The number of ether oxygens (including phenoxy) is 4. The van der Waals surface area contributed by atoms with Gasteiger partial charge in [-0.3, -0.25) is 4.79 Å². The number of carbonyl (C=O) groups excluding carboxylic acids is 1. The summed E-state index contributed by atoms with van der Waals surface area (Å²) in [5.74, 6) is -0.674. The van der Waals surface area contributed by atoms with Crippen molar-refractivity contribution >= 4 is 25.5 Å². The number of aromatic nitrogens is 3. The Hall–Kier alpha value is -2.21. The Bertz CT molecular complexity index is 1140. The van der Waals surface area contributed by atoms with Gasteiger partial charge in [-0.1, -0.05) is 31.8 Å². The summed E-state index contributed by atoms with van der Waals surface area (Å²) in [6.07, 6.45) is 1.65. The Balaban J connectivity index is 1.42. The zero-order chi connectivity index (χ0) is 27.0. The van der Waals surface area contributed by atoms with E-state index in [9.17, 15) is 9.36 Å². The molecule has 0 saturated carbocycles. The van der Waals surface area contributed by atoms with Gasteiger partial charge in [0.2, 0.25) is 0 Å². The summed E-state index contributed by atoms with van der Waals surface area (Å²) < 4.78 is 44.1. The number of carbonyl (C=O) groups is 1. The summed E-state index contributed by atoms with van der Waals surface area (Å²) in [5.41, 5.74) is 6.41. The van der Waals surface area contributed by atoms with Crippen LogP contribution in [0.4, 0.5) is 5.82 Å². The summed E-state index contributed by atoms with van der Waals surface area (Å²) in [6, 6.07) is 2.90. The number of nitrogens with zero attached hydrogens (tertiary/aromatic N) is 3. The van der Waals surface area contributed by atoms with Gasteiger partial charge in [-0.2, -0.15) is 5.10 Å². The summed E-state index contributed by atoms with van der Waals surface area (Å²) in [4.78, 5) is 16.3. The normalized spacial score (nSPS) is 28.0. The van der Waals surface area contributed by atoms with E-state index in [4.69, 9.17) is 29.2 Å². The predicted molar refractivity (Wildman–Crippen MR) is 135 cm³/mol. The van der Waals surface area contributed by atoms with Crippen molar-refractivity contribution in [3.05, 3.63) is 24.2 Å². The van der Waals surface area contributed by atoms with Crippen LogP contribution in [-0.2, 0) is 38.4 Å². The van der Waals surface area contributed by atoms with Gasteiger partial charge in [0.25, 0.3) is 0 Å². The molecule has 0 aliphatic carbocycles. The maximum Gasteiger partial charge on any atom is 0.613 e. The first kappa shape index (κ1) is 27.8. The van der Waals surface area contributed by atoms with Crippen LogP contribution < -0.4 is 10.8 Å². The Morgan fingerprint density at radius 2 is 1.97 bits per heavy atom. The fourth-order valence-electron chi connectivity index (χ4n) is 4.84. The van der Waals surface area contributed by atoms with Crippen molar-refractivity contribution in [2.75, 3.05) is 18.9 Å². The van der Waals surface area contributed by atoms with Crippen LogP contribution in [0.1, 0.15) is 60.1 Å². The molecule has 2 aliphatic heterocycles. The Morgan fingerprint density at radius 3 is 2.68 bits per heavy atom. The highest BCUT2D eigenvalue weighted by atomic mass is 31.1. The number of nitrogens with two attached hydrogens (primary N) is 1. The van der Waals surface area contributed by atoms with Crippen LogP contribution in [-0.4, -0.2) is 63.9 Å². The molecule has 0 bridgehead atoms. The molecule has 6 atom stereocenters. The smallest absolute Gasteiger partial charge is 0.464 e. The summed E-state index contributed by atoms with van der Waals surface area (Å²) >= 11 is 0. The van der Waals surface area contributed by atoms with Gasteiger partial charge >= 0.3 is 14.1 Å². The molecule has 37 heavy (non-hydrogen) atoms. The van der Waals surface area contributed by atoms with Gasteiger partial charge in [0, 0.05) is 0 Å². The standard InChI is InChI=1S/C24H37N5O7P/c1-7-15(8-2)11-32-22(30)14(3)28-37(31)33-12-17-19-20(36-23(4,5)35-19)24(6,34-17)18-10-9-16-21(25)26-13-27-29(16)18/h9-10,13-15,17,19-20H,7-8,11-12H2,1-6H3,(H,28,31)(H2,25,26,27)/q+1/t14-,17+,19+,20+,24-/m0/s1. The molecule has 0 aromatic carbocycles. The maximum atomic E-state index is 12.6. The molecular formula is C24H37N5O7P+. The van der Waals surface area contributed by atoms with E-state index >= 15 is 0 Å². The number of nitrogens with one attached hydrogen (secondary N) is 1. The van der Waals surface area contributed by atoms with Crippen LogP contribution in [0.2, 0.25) is 0 Å². The van der Waals surface area contributed by atoms with Crippen molar-refractivity contribution in [3.8, 4) is 0 Å². The minimum absolute atomic E-state index is 0.0473. The molecule has 4 rings (SSSR count). The third-order valence-electron chi connectivity index (χ3n) is 7.05. The molecule has 13 heteroatoms. The van der Waals surface area contributed by atoms with Gasteiger partial charge in [-0.15, -0.1) is 4.52 Å². The molecule has 12 nitrogen and oxygen atoms in total. The Kier molecular flexibility index (Phi) is 8.18. The van der Waals surface area contributed by atoms with Crippen molar-refractivity contribution < 1.29 is 32.8 Å². The second-order valence-electron chi connectivity index (χ2n) is 10.2. The lowest BCUT2D eigenvalue weighted by Crippen LogP contribution is -2.39. The second-order valence-corrected chi connectivity index (χ2v) is 11.2. The first-order valence-electron chi connectivity index (χ1n) is 12.6. The van der Waals surface area contributed by atoms with Crippen molar-refractivity contribution in [2.24, 2.45) is 5.92 Å². The van der Waals surface area contributed by atoms with Crippen LogP contribution in [0.25, 0.3) is 5.52 Å². The molecule has 2 aliphatic rings. The van der Waals surface area contributed by atoms with Crippen molar-refractivity contribution in [1.29, 1.82) is 0 Å². The highest BCUT2D eigenvalue weighted by molar-refractivity contribution is 7.36. The highest BCUT2D eigenvalue weighted by Gasteiger charge is 2.62. The largest absolute Gasteiger partial charge is 0.613 e. The van der Waals surface area contributed by atoms with E-state index in [1.807, 2.05) is 32.9 Å². The predicted octanol–water partition coefficient (Wildman–Crippen LogP) is 3.08. The number of hydrogen-bond acceptors (Lipinski definition) is 10. The molecule has 2 aromatic heterocycles. The fourth-order valence-corrected chi connectivity index (χ4v) is 5.62. The fraction of sp³-hybridized carbons (Fsp3) is 0.708. The number of fused-ring (bicyclic) bond motifs is 2. The minimum atomic E-state index is -2.37. The number of hydrogen-bond donors (Lipinski definition) is 2. The van der Waals surface area contributed by atoms with Gasteiger partial charge in [0.15, 0.2) is 11.6 Å². The van der Waals surface area contributed by atoms with E-state index in [1.54, 1.807) is 11.4 Å². The van der Waals surface area contributed by atoms with Gasteiger partial charge in [-0.25, -0.2) is 9.50 Å². The highest BCUT2D eigenvalue weighted by Crippen LogP contribution is 2.49. The zero-order valence-corrected chi connectivity index (χ0v) is 23.1. The molecular weight excluding hydrogens is 501 g/mol. The van der Waals surface area contributed by atoms with E-state index < -0.39 is 49.9 Å². The summed E-state index contributed by atoms with van der Waals surface area (Å²) in [7, 11) is -2.37. The molecule has 1 unspecified atom stereocenters. The molecule has 2 fully saturated rings. The van der Waals surface area contributed by atoms with Gasteiger partial charge in [-0.05, 0) is 50.3 Å². The zero-order valence-electron chi connectivity index (χ0n) is 22.2. The quantitative estimate of drug-likeness (QED) is 0.321. The number of esters is 1. The van der Waals surface area contributed by atoms with E-state index in [1.165, 1.54) is 6.33 Å². The van der Waals surface area contributed by atoms with Crippen LogP contribution >= 0.6 is 8.18 Å². The summed E-state index contributed by atoms with van der Waals surface area (Å²) in [5, 5.41) is 7.01. The third kappa shape index (κ3) is 5.64. The molecule has 0 amide bonds. The topological polar surface area (TPSA) is 149 Å². The molecule has 2 saturated heterocycles. The lowest BCUT2D eigenvalue weighted by molar-refractivity contribution is -0.211. The third-order valence-corrected chi connectivity index (χ3v) is 8.03. The van der Waals surface area contributed by atoms with Crippen LogP contribution in [0, 0.1) is 5.92 Å². The van der Waals surface area contributed by atoms with E-state index in [-0.39, 0.29) is 6.61 Å². The van der Waals surface area contributed by atoms with Crippen LogP contribution in [0.3, 0.4) is 0 Å². The second kappa shape index (κ2) is 10.9. The number of anilines is 1. The molecule has 204 valence electrons. The number of rotatable bonds is 11. The molecule has 2 aromatic rings. The molecule has 4 heterocycles.